The lowest BCUT2D eigenvalue weighted by molar-refractivity contribution is 0.199. The summed E-state index contributed by atoms with van der Waals surface area (Å²) < 4.78 is 10.1. The minimum absolute atomic E-state index is 0.416. The van der Waals surface area contributed by atoms with Crippen molar-refractivity contribution >= 4 is 0 Å². The number of pyridine rings is 1. The van der Waals surface area contributed by atoms with Crippen LogP contribution in [0.15, 0.2) is 22.9 Å². The van der Waals surface area contributed by atoms with Gasteiger partial charge in [-0.3, -0.25) is 4.98 Å². The van der Waals surface area contributed by atoms with Crippen molar-refractivity contribution < 1.29 is 9.26 Å². The van der Waals surface area contributed by atoms with E-state index < -0.39 is 0 Å². The van der Waals surface area contributed by atoms with E-state index >= 15 is 0 Å². The standard InChI is InChI=1S/C11H14N4O2/c1-16-5-4-10-14-11(17-15-10)9-3-2-8(6-12)7-13-9/h2-3,7H,4-6,12H2,1H3. The van der Waals surface area contributed by atoms with Gasteiger partial charge in [0, 0.05) is 26.3 Å². The molecule has 0 aliphatic heterocycles. The largest absolute Gasteiger partial charge is 0.384 e. The quantitative estimate of drug-likeness (QED) is 0.822. The number of aromatic nitrogens is 3. The molecular formula is C11H14N4O2. The molecule has 2 N–H and O–H groups in total. The Balaban J connectivity index is 2.12. The normalized spacial score (nSPS) is 10.7. The number of hydrogen-bond donors (Lipinski definition) is 1. The van der Waals surface area contributed by atoms with Gasteiger partial charge in [-0.25, -0.2) is 0 Å². The fraction of sp³-hybridized carbons (Fsp3) is 0.364. The molecule has 0 aliphatic rings. The molecule has 2 aromatic heterocycles. The monoisotopic (exact) mass is 234 g/mol. The van der Waals surface area contributed by atoms with Crippen molar-refractivity contribution in [3.05, 3.63) is 29.7 Å². The summed E-state index contributed by atoms with van der Waals surface area (Å²) in [6.07, 6.45) is 2.33. The number of rotatable bonds is 5. The van der Waals surface area contributed by atoms with Crippen LogP contribution in [0, 0.1) is 0 Å². The van der Waals surface area contributed by atoms with Crippen LogP contribution < -0.4 is 5.73 Å². The first-order valence-corrected chi connectivity index (χ1v) is 5.30. The third-order valence-electron chi connectivity index (χ3n) is 2.28. The van der Waals surface area contributed by atoms with E-state index in [-0.39, 0.29) is 0 Å². The average Bonchev–Trinajstić information content (AvgIpc) is 2.85. The van der Waals surface area contributed by atoms with Crippen LogP contribution in [0.25, 0.3) is 11.6 Å². The van der Waals surface area contributed by atoms with Crippen LogP contribution in [0.3, 0.4) is 0 Å². The zero-order chi connectivity index (χ0) is 12.1. The number of nitrogens with zero attached hydrogens (tertiary/aromatic N) is 3. The number of methoxy groups -OCH3 is 1. The molecule has 0 atom stereocenters. The van der Waals surface area contributed by atoms with Crippen LogP contribution in [-0.2, 0) is 17.7 Å². The van der Waals surface area contributed by atoms with Crippen LogP contribution in [0.4, 0.5) is 0 Å². The fourth-order valence-corrected chi connectivity index (χ4v) is 1.32. The lowest BCUT2D eigenvalue weighted by atomic mass is 10.2. The molecule has 17 heavy (non-hydrogen) atoms. The highest BCUT2D eigenvalue weighted by Crippen LogP contribution is 2.14. The predicted molar refractivity (Wildman–Crippen MR) is 61.0 cm³/mol. The Bertz CT molecular complexity index is 467. The van der Waals surface area contributed by atoms with Gasteiger partial charge in [-0.05, 0) is 11.6 Å². The smallest absolute Gasteiger partial charge is 0.276 e. The van der Waals surface area contributed by atoms with Gasteiger partial charge in [-0.1, -0.05) is 11.2 Å². The Morgan fingerprint density at radius 1 is 1.41 bits per heavy atom. The molecule has 0 saturated carbocycles. The van der Waals surface area contributed by atoms with Gasteiger partial charge in [0.1, 0.15) is 5.69 Å². The Morgan fingerprint density at radius 3 is 2.94 bits per heavy atom. The molecule has 0 bridgehead atoms. The minimum Gasteiger partial charge on any atom is -0.384 e. The molecule has 2 aromatic rings. The highest BCUT2D eigenvalue weighted by atomic mass is 16.5. The Hall–Kier alpha value is -1.79. The molecular weight excluding hydrogens is 220 g/mol. The van der Waals surface area contributed by atoms with Crippen molar-refractivity contribution in [1.82, 2.24) is 15.1 Å². The zero-order valence-corrected chi connectivity index (χ0v) is 9.59. The molecule has 0 radical (unpaired) electrons. The zero-order valence-electron chi connectivity index (χ0n) is 9.59. The van der Waals surface area contributed by atoms with Gasteiger partial charge in [-0.2, -0.15) is 4.98 Å². The fourth-order valence-electron chi connectivity index (χ4n) is 1.32. The number of ether oxygens (including phenoxy) is 1. The summed E-state index contributed by atoms with van der Waals surface area (Å²) in [6, 6.07) is 3.71. The summed E-state index contributed by atoms with van der Waals surface area (Å²) >= 11 is 0. The second kappa shape index (κ2) is 5.51. The van der Waals surface area contributed by atoms with Gasteiger partial charge in [0.2, 0.25) is 0 Å². The Kier molecular flexibility index (Phi) is 3.79. The molecule has 90 valence electrons. The molecule has 6 heteroatoms. The van der Waals surface area contributed by atoms with E-state index in [1.165, 1.54) is 0 Å². The third kappa shape index (κ3) is 2.86. The van der Waals surface area contributed by atoms with Crippen LogP contribution in [0.5, 0.6) is 0 Å². The summed E-state index contributed by atoms with van der Waals surface area (Å²) in [5, 5.41) is 3.84. The molecule has 0 aliphatic carbocycles. The Labute approximate surface area is 98.8 Å². The summed E-state index contributed by atoms with van der Waals surface area (Å²) in [7, 11) is 1.63. The molecule has 0 aromatic carbocycles. The van der Waals surface area contributed by atoms with E-state index in [9.17, 15) is 0 Å². The van der Waals surface area contributed by atoms with E-state index in [1.807, 2.05) is 12.1 Å². The summed E-state index contributed by atoms with van der Waals surface area (Å²) in [4.78, 5) is 8.43. The first kappa shape index (κ1) is 11.7. The molecule has 0 amide bonds. The van der Waals surface area contributed by atoms with Gasteiger partial charge in [0.05, 0.1) is 6.61 Å². The van der Waals surface area contributed by atoms with Crippen molar-refractivity contribution in [2.75, 3.05) is 13.7 Å². The molecule has 0 saturated heterocycles. The summed E-state index contributed by atoms with van der Waals surface area (Å²) in [5.41, 5.74) is 7.11. The van der Waals surface area contributed by atoms with Crippen molar-refractivity contribution in [1.29, 1.82) is 0 Å². The van der Waals surface area contributed by atoms with Crippen LogP contribution >= 0.6 is 0 Å². The van der Waals surface area contributed by atoms with Gasteiger partial charge < -0.3 is 15.0 Å². The maximum Gasteiger partial charge on any atom is 0.276 e. The van der Waals surface area contributed by atoms with Gasteiger partial charge in [0.25, 0.3) is 5.89 Å². The third-order valence-corrected chi connectivity index (χ3v) is 2.28. The van der Waals surface area contributed by atoms with Gasteiger partial charge in [0.15, 0.2) is 5.82 Å². The second-order valence-electron chi connectivity index (χ2n) is 3.51. The lowest BCUT2D eigenvalue weighted by Gasteiger charge is -1.96. The van der Waals surface area contributed by atoms with Crippen molar-refractivity contribution in [2.24, 2.45) is 5.73 Å². The van der Waals surface area contributed by atoms with E-state index in [4.69, 9.17) is 15.0 Å². The van der Waals surface area contributed by atoms with E-state index in [0.717, 1.165) is 5.56 Å². The molecule has 2 heterocycles. The summed E-state index contributed by atoms with van der Waals surface area (Å²) in [6.45, 7) is 1.04. The summed E-state index contributed by atoms with van der Waals surface area (Å²) in [5.74, 6) is 1.03. The molecule has 2 rings (SSSR count). The topological polar surface area (TPSA) is 87.1 Å². The molecule has 6 nitrogen and oxygen atoms in total. The van der Waals surface area contributed by atoms with E-state index in [0.29, 0.717) is 37.0 Å². The predicted octanol–water partition coefficient (Wildman–Crippen LogP) is 0.779. The molecule has 0 fully saturated rings. The number of nitrogens with two attached hydrogens (primary N) is 1. The Morgan fingerprint density at radius 2 is 2.29 bits per heavy atom. The van der Waals surface area contributed by atoms with Gasteiger partial charge >= 0.3 is 0 Å². The first-order valence-electron chi connectivity index (χ1n) is 5.30. The highest BCUT2D eigenvalue weighted by Gasteiger charge is 2.09. The molecule has 0 spiro atoms. The van der Waals surface area contributed by atoms with Gasteiger partial charge in [-0.15, -0.1) is 0 Å². The van der Waals surface area contributed by atoms with E-state index in [1.54, 1.807) is 13.3 Å². The SMILES string of the molecule is COCCc1noc(-c2ccc(CN)cn2)n1. The van der Waals surface area contributed by atoms with Crippen LogP contribution in [0.1, 0.15) is 11.4 Å². The lowest BCUT2D eigenvalue weighted by Crippen LogP contribution is -1.97. The maximum absolute atomic E-state index is 5.49. The average molecular weight is 234 g/mol. The minimum atomic E-state index is 0.416. The first-order chi connectivity index (χ1) is 8.33. The van der Waals surface area contributed by atoms with Crippen molar-refractivity contribution in [3.8, 4) is 11.6 Å². The second-order valence-corrected chi connectivity index (χ2v) is 3.51. The van der Waals surface area contributed by atoms with Crippen LogP contribution in [0.2, 0.25) is 0 Å². The van der Waals surface area contributed by atoms with Crippen LogP contribution in [-0.4, -0.2) is 28.8 Å². The van der Waals surface area contributed by atoms with Crippen molar-refractivity contribution in [3.63, 3.8) is 0 Å². The number of hydrogen-bond acceptors (Lipinski definition) is 6. The maximum atomic E-state index is 5.49. The highest BCUT2D eigenvalue weighted by molar-refractivity contribution is 5.46. The van der Waals surface area contributed by atoms with Crippen molar-refractivity contribution in [2.45, 2.75) is 13.0 Å². The van der Waals surface area contributed by atoms with E-state index in [2.05, 4.69) is 15.1 Å². The molecule has 0 unspecified atom stereocenters.